The van der Waals surface area contributed by atoms with E-state index < -0.39 is 0 Å². The molecule has 1 N–H and O–H groups in total. The normalized spacial score (nSPS) is 20.4. The van der Waals surface area contributed by atoms with E-state index in [0.717, 1.165) is 11.5 Å². The van der Waals surface area contributed by atoms with Gasteiger partial charge >= 0.3 is 0 Å². The van der Waals surface area contributed by atoms with Gasteiger partial charge in [0.25, 0.3) is 0 Å². The number of rotatable bonds is 2. The van der Waals surface area contributed by atoms with Crippen molar-refractivity contribution in [1.82, 2.24) is 9.78 Å². The molecule has 1 unspecified atom stereocenters. The molecule has 0 aliphatic carbocycles. The van der Waals surface area contributed by atoms with Gasteiger partial charge < -0.3 is 14.7 Å². The summed E-state index contributed by atoms with van der Waals surface area (Å²) in [6, 6.07) is 2.19. The third kappa shape index (κ3) is 2.12. The SMILES string of the molecule is Cc1nn(C)c(N2CCOC(CO)C2)c1C#N. The first-order valence-electron chi connectivity index (χ1n) is 5.58. The minimum atomic E-state index is -0.189. The van der Waals surface area contributed by atoms with Crippen molar-refractivity contribution < 1.29 is 9.84 Å². The van der Waals surface area contributed by atoms with E-state index in [1.54, 1.807) is 4.68 Å². The molecule has 92 valence electrons. The quantitative estimate of drug-likeness (QED) is 0.769. The molecule has 1 aromatic rings. The van der Waals surface area contributed by atoms with Gasteiger partial charge in [0.2, 0.25) is 0 Å². The van der Waals surface area contributed by atoms with Crippen molar-refractivity contribution in [2.75, 3.05) is 31.2 Å². The van der Waals surface area contributed by atoms with Crippen LogP contribution >= 0.6 is 0 Å². The van der Waals surface area contributed by atoms with Crippen molar-refractivity contribution in [1.29, 1.82) is 5.26 Å². The van der Waals surface area contributed by atoms with Crippen molar-refractivity contribution in [3.05, 3.63) is 11.3 Å². The summed E-state index contributed by atoms with van der Waals surface area (Å²) >= 11 is 0. The van der Waals surface area contributed by atoms with Crippen molar-refractivity contribution in [2.45, 2.75) is 13.0 Å². The van der Waals surface area contributed by atoms with Gasteiger partial charge in [0.05, 0.1) is 25.0 Å². The summed E-state index contributed by atoms with van der Waals surface area (Å²) in [5.41, 5.74) is 1.34. The van der Waals surface area contributed by atoms with E-state index in [2.05, 4.69) is 11.2 Å². The number of aliphatic hydroxyl groups is 1. The molecular weight excluding hydrogens is 220 g/mol. The summed E-state index contributed by atoms with van der Waals surface area (Å²) in [6.45, 7) is 3.68. The Morgan fingerprint density at radius 3 is 3.06 bits per heavy atom. The summed E-state index contributed by atoms with van der Waals surface area (Å²) < 4.78 is 7.11. The third-order valence-electron chi connectivity index (χ3n) is 2.95. The molecule has 17 heavy (non-hydrogen) atoms. The van der Waals surface area contributed by atoms with Crippen LogP contribution in [0.3, 0.4) is 0 Å². The van der Waals surface area contributed by atoms with Crippen LogP contribution in [0.25, 0.3) is 0 Å². The lowest BCUT2D eigenvalue weighted by Gasteiger charge is -2.33. The predicted molar refractivity (Wildman–Crippen MR) is 61.7 cm³/mol. The second kappa shape index (κ2) is 4.73. The Labute approximate surface area is 100 Å². The lowest BCUT2D eigenvalue weighted by atomic mass is 10.2. The smallest absolute Gasteiger partial charge is 0.145 e. The van der Waals surface area contributed by atoms with Gasteiger partial charge in [-0.15, -0.1) is 0 Å². The average Bonchev–Trinajstić information content (AvgIpc) is 2.63. The Bertz CT molecular complexity index is 449. The highest BCUT2D eigenvalue weighted by atomic mass is 16.5. The van der Waals surface area contributed by atoms with E-state index in [9.17, 15) is 0 Å². The first-order valence-corrected chi connectivity index (χ1v) is 5.58. The fraction of sp³-hybridized carbons (Fsp3) is 0.636. The fourth-order valence-electron chi connectivity index (χ4n) is 2.16. The molecule has 0 spiro atoms. The van der Waals surface area contributed by atoms with Gasteiger partial charge in [-0.3, -0.25) is 4.68 Å². The number of nitrogens with zero attached hydrogens (tertiary/aromatic N) is 4. The molecule has 0 aromatic carbocycles. The predicted octanol–water partition coefficient (Wildman–Crippen LogP) is -0.202. The molecule has 6 nitrogen and oxygen atoms in total. The van der Waals surface area contributed by atoms with E-state index in [1.165, 1.54) is 0 Å². The molecule has 1 atom stereocenters. The largest absolute Gasteiger partial charge is 0.394 e. The molecule has 0 bridgehead atoms. The summed E-state index contributed by atoms with van der Waals surface area (Å²) in [4.78, 5) is 2.04. The van der Waals surface area contributed by atoms with Crippen molar-refractivity contribution >= 4 is 5.82 Å². The van der Waals surface area contributed by atoms with Crippen molar-refractivity contribution in [3.63, 3.8) is 0 Å². The Kier molecular flexibility index (Phi) is 3.31. The van der Waals surface area contributed by atoms with Gasteiger partial charge in [-0.2, -0.15) is 10.4 Å². The van der Waals surface area contributed by atoms with Crippen LogP contribution in [0.15, 0.2) is 0 Å². The first kappa shape index (κ1) is 11.9. The number of anilines is 1. The second-order valence-electron chi connectivity index (χ2n) is 4.14. The van der Waals surface area contributed by atoms with Gasteiger partial charge in [0, 0.05) is 20.1 Å². The summed E-state index contributed by atoms with van der Waals surface area (Å²) in [5, 5.41) is 22.5. The maximum absolute atomic E-state index is 9.16. The number of aromatic nitrogens is 2. The minimum Gasteiger partial charge on any atom is -0.394 e. The molecule has 6 heteroatoms. The van der Waals surface area contributed by atoms with Gasteiger partial charge in [0.1, 0.15) is 17.5 Å². The Hall–Kier alpha value is -1.58. The third-order valence-corrected chi connectivity index (χ3v) is 2.95. The molecule has 1 aliphatic rings. The van der Waals surface area contributed by atoms with E-state index >= 15 is 0 Å². The highest BCUT2D eigenvalue weighted by Crippen LogP contribution is 2.24. The van der Waals surface area contributed by atoms with Crippen molar-refractivity contribution in [3.8, 4) is 6.07 Å². The number of aryl methyl sites for hydroxylation is 2. The molecule has 1 fully saturated rings. The zero-order valence-electron chi connectivity index (χ0n) is 10.1. The molecule has 0 saturated carbocycles. The number of hydrogen-bond donors (Lipinski definition) is 1. The topological polar surface area (TPSA) is 74.3 Å². The van der Waals surface area contributed by atoms with Crippen LogP contribution in [0.1, 0.15) is 11.3 Å². The summed E-state index contributed by atoms with van der Waals surface area (Å²) in [5.74, 6) is 0.812. The number of nitriles is 1. The summed E-state index contributed by atoms with van der Waals surface area (Å²) in [6.07, 6.45) is -0.189. The maximum Gasteiger partial charge on any atom is 0.145 e. The summed E-state index contributed by atoms with van der Waals surface area (Å²) in [7, 11) is 1.83. The highest BCUT2D eigenvalue weighted by molar-refractivity contribution is 5.57. The van der Waals surface area contributed by atoms with Crippen LogP contribution in [0.2, 0.25) is 0 Å². The van der Waals surface area contributed by atoms with Crippen LogP contribution in [0.5, 0.6) is 0 Å². The van der Waals surface area contributed by atoms with Crippen LogP contribution in [-0.2, 0) is 11.8 Å². The molecule has 1 aliphatic heterocycles. The van der Waals surface area contributed by atoms with Gasteiger partial charge in [0.15, 0.2) is 0 Å². The molecule has 1 aromatic heterocycles. The molecule has 1 saturated heterocycles. The number of aliphatic hydroxyl groups excluding tert-OH is 1. The van der Waals surface area contributed by atoms with Gasteiger partial charge in [-0.25, -0.2) is 0 Å². The number of hydrogen-bond acceptors (Lipinski definition) is 5. The van der Waals surface area contributed by atoms with E-state index in [4.69, 9.17) is 15.1 Å². The van der Waals surface area contributed by atoms with E-state index in [0.29, 0.717) is 25.3 Å². The molecule has 0 radical (unpaired) electrons. The maximum atomic E-state index is 9.16. The lowest BCUT2D eigenvalue weighted by Crippen LogP contribution is -2.45. The molecular formula is C11H16N4O2. The van der Waals surface area contributed by atoms with Crippen LogP contribution in [-0.4, -0.2) is 47.3 Å². The highest BCUT2D eigenvalue weighted by Gasteiger charge is 2.25. The van der Waals surface area contributed by atoms with Gasteiger partial charge in [-0.05, 0) is 6.92 Å². The van der Waals surface area contributed by atoms with Crippen LogP contribution in [0.4, 0.5) is 5.82 Å². The first-order chi connectivity index (χ1) is 8.17. The zero-order chi connectivity index (χ0) is 12.4. The number of ether oxygens (including phenoxy) is 1. The van der Waals surface area contributed by atoms with Crippen molar-refractivity contribution in [2.24, 2.45) is 7.05 Å². The monoisotopic (exact) mass is 236 g/mol. The Morgan fingerprint density at radius 1 is 1.65 bits per heavy atom. The zero-order valence-corrected chi connectivity index (χ0v) is 10.1. The number of morpholine rings is 1. The minimum absolute atomic E-state index is 0.00474. The van der Waals surface area contributed by atoms with E-state index in [1.807, 2.05) is 18.9 Å². The van der Waals surface area contributed by atoms with E-state index in [-0.39, 0.29) is 12.7 Å². The van der Waals surface area contributed by atoms with Gasteiger partial charge in [-0.1, -0.05) is 0 Å². The second-order valence-corrected chi connectivity index (χ2v) is 4.14. The molecule has 0 amide bonds. The van der Waals surface area contributed by atoms with Crippen LogP contribution < -0.4 is 4.90 Å². The Morgan fingerprint density at radius 2 is 2.41 bits per heavy atom. The fourth-order valence-corrected chi connectivity index (χ4v) is 2.16. The Balaban J connectivity index is 2.30. The molecule has 2 heterocycles. The molecule has 2 rings (SSSR count). The average molecular weight is 236 g/mol. The van der Waals surface area contributed by atoms with Crippen LogP contribution in [0, 0.1) is 18.3 Å². The standard InChI is InChI=1S/C11H16N4O2/c1-8-10(5-12)11(14(2)13-8)15-3-4-17-9(6-15)7-16/h9,16H,3-4,6-7H2,1-2H3. The lowest BCUT2D eigenvalue weighted by molar-refractivity contribution is 0.00318.